The zero-order chi connectivity index (χ0) is 13.0. The number of aryl methyl sites for hydroxylation is 1. The molecule has 1 N–H and O–H groups in total. The van der Waals surface area contributed by atoms with Crippen molar-refractivity contribution < 1.29 is 4.74 Å². The molecule has 3 nitrogen and oxygen atoms in total. The Morgan fingerprint density at radius 2 is 2.28 bits per heavy atom. The van der Waals surface area contributed by atoms with Crippen molar-refractivity contribution in [3.63, 3.8) is 0 Å². The van der Waals surface area contributed by atoms with Crippen molar-refractivity contribution in [2.45, 2.75) is 26.3 Å². The van der Waals surface area contributed by atoms with Gasteiger partial charge in [-0.2, -0.15) is 0 Å². The summed E-state index contributed by atoms with van der Waals surface area (Å²) in [6.45, 7) is 8.25. The molecule has 0 radical (unpaired) electrons. The smallest absolute Gasteiger partial charge is 0.122 e. The van der Waals surface area contributed by atoms with Crippen molar-refractivity contribution in [2.24, 2.45) is 0 Å². The number of nitrogens with one attached hydrogen (secondary N) is 1. The van der Waals surface area contributed by atoms with E-state index in [2.05, 4.69) is 42.4 Å². The predicted molar refractivity (Wildman–Crippen MR) is 75.3 cm³/mol. The number of ether oxygens (including phenoxy) is 1. The van der Waals surface area contributed by atoms with E-state index in [0.717, 1.165) is 38.4 Å². The summed E-state index contributed by atoms with van der Waals surface area (Å²) in [7, 11) is 2.19. The fourth-order valence-electron chi connectivity index (χ4n) is 2.57. The molecule has 1 heterocycles. The van der Waals surface area contributed by atoms with Crippen LogP contribution in [0.15, 0.2) is 18.2 Å². The van der Waals surface area contributed by atoms with Crippen LogP contribution in [0.4, 0.5) is 0 Å². The Balaban J connectivity index is 1.99. The maximum Gasteiger partial charge on any atom is 0.122 e. The standard InChI is InChI=1S/C15H24N2O/c1-4-18-15-6-5-13(9-12(15)2)10-14-11-17(3)8-7-16-14/h5-6,9,14,16H,4,7-8,10-11H2,1-3H3. The molecule has 18 heavy (non-hydrogen) atoms. The van der Waals surface area contributed by atoms with E-state index in [-0.39, 0.29) is 0 Å². The first-order valence-corrected chi connectivity index (χ1v) is 6.83. The Bertz CT molecular complexity index is 392. The van der Waals surface area contributed by atoms with E-state index < -0.39 is 0 Å². The zero-order valence-corrected chi connectivity index (χ0v) is 11.7. The quantitative estimate of drug-likeness (QED) is 0.880. The maximum absolute atomic E-state index is 5.57. The summed E-state index contributed by atoms with van der Waals surface area (Å²) in [6.07, 6.45) is 1.09. The lowest BCUT2D eigenvalue weighted by Crippen LogP contribution is -2.49. The average Bonchev–Trinajstić information content (AvgIpc) is 2.33. The van der Waals surface area contributed by atoms with Crippen LogP contribution in [0.5, 0.6) is 5.75 Å². The second-order valence-corrected chi connectivity index (χ2v) is 5.15. The minimum Gasteiger partial charge on any atom is -0.494 e. The SMILES string of the molecule is CCOc1ccc(CC2CN(C)CCN2)cc1C. The van der Waals surface area contributed by atoms with Gasteiger partial charge in [0.1, 0.15) is 5.75 Å². The second-order valence-electron chi connectivity index (χ2n) is 5.15. The summed E-state index contributed by atoms with van der Waals surface area (Å²) in [5.74, 6) is 1.01. The molecular formula is C15H24N2O. The van der Waals surface area contributed by atoms with Gasteiger partial charge in [0.2, 0.25) is 0 Å². The van der Waals surface area contributed by atoms with Gasteiger partial charge in [-0.1, -0.05) is 12.1 Å². The lowest BCUT2D eigenvalue weighted by molar-refractivity contribution is 0.238. The molecule has 0 spiro atoms. The van der Waals surface area contributed by atoms with Crippen LogP contribution < -0.4 is 10.1 Å². The van der Waals surface area contributed by atoms with Crippen molar-refractivity contribution in [1.29, 1.82) is 0 Å². The van der Waals surface area contributed by atoms with Crippen LogP contribution >= 0.6 is 0 Å². The van der Waals surface area contributed by atoms with Crippen molar-refractivity contribution in [1.82, 2.24) is 10.2 Å². The molecule has 1 atom stereocenters. The second kappa shape index (κ2) is 6.21. The number of hydrogen-bond acceptors (Lipinski definition) is 3. The molecule has 0 aromatic heterocycles. The Hall–Kier alpha value is -1.06. The van der Waals surface area contributed by atoms with E-state index in [0.29, 0.717) is 6.04 Å². The molecule has 3 heteroatoms. The van der Waals surface area contributed by atoms with E-state index in [9.17, 15) is 0 Å². The molecule has 1 fully saturated rings. The molecule has 1 aliphatic heterocycles. The normalized spacial score (nSPS) is 20.9. The number of nitrogens with zero attached hydrogens (tertiary/aromatic N) is 1. The molecular weight excluding hydrogens is 224 g/mol. The highest BCUT2D eigenvalue weighted by Crippen LogP contribution is 2.20. The van der Waals surface area contributed by atoms with Gasteiger partial charge in [-0.15, -0.1) is 0 Å². The van der Waals surface area contributed by atoms with E-state index in [4.69, 9.17) is 4.74 Å². The van der Waals surface area contributed by atoms with Gasteiger partial charge in [0.05, 0.1) is 6.61 Å². The lowest BCUT2D eigenvalue weighted by atomic mass is 10.0. The number of rotatable bonds is 4. The molecule has 0 saturated carbocycles. The van der Waals surface area contributed by atoms with Gasteiger partial charge in [0.25, 0.3) is 0 Å². The van der Waals surface area contributed by atoms with E-state index in [1.807, 2.05) is 6.92 Å². The van der Waals surface area contributed by atoms with Crippen molar-refractivity contribution in [2.75, 3.05) is 33.3 Å². The molecule has 1 aliphatic rings. The Morgan fingerprint density at radius 1 is 1.44 bits per heavy atom. The largest absolute Gasteiger partial charge is 0.494 e. The minimum atomic E-state index is 0.570. The van der Waals surface area contributed by atoms with Gasteiger partial charge in [-0.3, -0.25) is 0 Å². The molecule has 0 amide bonds. The monoisotopic (exact) mass is 248 g/mol. The fourth-order valence-corrected chi connectivity index (χ4v) is 2.57. The van der Waals surface area contributed by atoms with Crippen molar-refractivity contribution in [3.05, 3.63) is 29.3 Å². The molecule has 0 aliphatic carbocycles. The third kappa shape index (κ3) is 3.47. The third-order valence-corrected chi connectivity index (χ3v) is 3.48. The molecule has 1 aromatic rings. The summed E-state index contributed by atoms with van der Waals surface area (Å²) in [5.41, 5.74) is 2.63. The van der Waals surface area contributed by atoms with Gasteiger partial charge in [-0.05, 0) is 44.5 Å². The first-order chi connectivity index (χ1) is 8.69. The van der Waals surface area contributed by atoms with Crippen LogP contribution in [0.1, 0.15) is 18.1 Å². The molecule has 0 bridgehead atoms. The van der Waals surface area contributed by atoms with E-state index in [1.165, 1.54) is 11.1 Å². The summed E-state index contributed by atoms with van der Waals surface area (Å²) < 4.78 is 5.57. The van der Waals surface area contributed by atoms with Crippen LogP contribution in [-0.4, -0.2) is 44.2 Å². The Labute approximate surface area is 110 Å². The highest BCUT2D eigenvalue weighted by Gasteiger charge is 2.16. The third-order valence-electron chi connectivity index (χ3n) is 3.48. The lowest BCUT2D eigenvalue weighted by Gasteiger charge is -2.31. The maximum atomic E-state index is 5.57. The first kappa shape index (κ1) is 13.4. The molecule has 2 rings (SSSR count). The van der Waals surface area contributed by atoms with Gasteiger partial charge in [-0.25, -0.2) is 0 Å². The topological polar surface area (TPSA) is 24.5 Å². The van der Waals surface area contributed by atoms with Crippen LogP contribution in [0, 0.1) is 6.92 Å². The van der Waals surface area contributed by atoms with E-state index >= 15 is 0 Å². The average molecular weight is 248 g/mol. The zero-order valence-electron chi connectivity index (χ0n) is 11.7. The molecule has 1 saturated heterocycles. The highest BCUT2D eigenvalue weighted by atomic mass is 16.5. The van der Waals surface area contributed by atoms with Crippen LogP contribution in [0.3, 0.4) is 0 Å². The Morgan fingerprint density at radius 3 is 2.94 bits per heavy atom. The molecule has 1 unspecified atom stereocenters. The van der Waals surface area contributed by atoms with Crippen molar-refractivity contribution in [3.8, 4) is 5.75 Å². The number of benzene rings is 1. The first-order valence-electron chi connectivity index (χ1n) is 6.83. The number of piperazine rings is 1. The van der Waals surface area contributed by atoms with E-state index in [1.54, 1.807) is 0 Å². The molecule has 1 aromatic carbocycles. The van der Waals surface area contributed by atoms with Gasteiger partial charge in [0, 0.05) is 25.7 Å². The summed E-state index contributed by atoms with van der Waals surface area (Å²) >= 11 is 0. The molecule has 100 valence electrons. The minimum absolute atomic E-state index is 0.570. The Kier molecular flexibility index (Phi) is 4.61. The summed E-state index contributed by atoms with van der Waals surface area (Å²) in [6, 6.07) is 7.11. The predicted octanol–water partition coefficient (Wildman–Crippen LogP) is 1.84. The van der Waals surface area contributed by atoms with Gasteiger partial charge in [0.15, 0.2) is 0 Å². The van der Waals surface area contributed by atoms with Crippen molar-refractivity contribution >= 4 is 0 Å². The fraction of sp³-hybridized carbons (Fsp3) is 0.600. The van der Waals surface area contributed by atoms with Crippen LogP contribution in [0.25, 0.3) is 0 Å². The van der Waals surface area contributed by atoms with Crippen LogP contribution in [-0.2, 0) is 6.42 Å². The number of likely N-dealkylation sites (N-methyl/N-ethyl adjacent to an activating group) is 1. The number of hydrogen-bond donors (Lipinski definition) is 1. The highest BCUT2D eigenvalue weighted by molar-refractivity contribution is 5.36. The van der Waals surface area contributed by atoms with Crippen LogP contribution in [0.2, 0.25) is 0 Å². The van der Waals surface area contributed by atoms with Gasteiger partial charge < -0.3 is 15.0 Å². The summed E-state index contributed by atoms with van der Waals surface area (Å²) in [5, 5.41) is 3.58. The summed E-state index contributed by atoms with van der Waals surface area (Å²) in [4.78, 5) is 2.39. The van der Waals surface area contributed by atoms with Gasteiger partial charge >= 0.3 is 0 Å².